The predicted molar refractivity (Wildman–Crippen MR) is 112 cm³/mol. The molecule has 0 bridgehead atoms. The topological polar surface area (TPSA) is 52.6 Å². The Morgan fingerprint density at radius 1 is 1.14 bits per heavy atom. The van der Waals surface area contributed by atoms with Gasteiger partial charge in [0.2, 0.25) is 0 Å². The third-order valence-corrected chi connectivity index (χ3v) is 7.17. The lowest BCUT2D eigenvalue weighted by Gasteiger charge is -2.57. The first kappa shape index (κ1) is 22.7. The van der Waals surface area contributed by atoms with Crippen molar-refractivity contribution < 1.29 is 19.1 Å². The minimum atomic E-state index is -0.297. The van der Waals surface area contributed by atoms with E-state index >= 15 is 0 Å². The van der Waals surface area contributed by atoms with Crippen LogP contribution in [-0.4, -0.2) is 25.2 Å². The third-order valence-electron chi connectivity index (χ3n) is 7.17. The first-order valence-corrected chi connectivity index (χ1v) is 10.7. The molecule has 0 amide bonds. The number of fused-ring (bicyclic) bond motifs is 1. The SMILES string of the molecule is CC(=O)OCC=C(CCC1C(C)=CCC2C(C)(C)CCCC12C)COC(C)=O. The first-order valence-electron chi connectivity index (χ1n) is 10.7. The van der Waals surface area contributed by atoms with Gasteiger partial charge in [-0.25, -0.2) is 0 Å². The van der Waals surface area contributed by atoms with Crippen molar-refractivity contribution in [1.82, 2.24) is 0 Å². The molecule has 0 radical (unpaired) electrons. The molecule has 0 aliphatic heterocycles. The fourth-order valence-corrected chi connectivity index (χ4v) is 5.73. The quantitative estimate of drug-likeness (QED) is 0.418. The van der Waals surface area contributed by atoms with E-state index < -0.39 is 0 Å². The molecule has 0 spiro atoms. The molecule has 1 fully saturated rings. The average Bonchev–Trinajstić information content (AvgIpc) is 2.57. The fourth-order valence-electron chi connectivity index (χ4n) is 5.73. The van der Waals surface area contributed by atoms with Crippen LogP contribution in [0, 0.1) is 22.7 Å². The molecule has 0 aromatic rings. The summed E-state index contributed by atoms with van der Waals surface area (Å²) in [6.07, 6.45) is 11.3. The number of ether oxygens (including phenoxy) is 2. The van der Waals surface area contributed by atoms with E-state index in [1.54, 1.807) is 0 Å². The van der Waals surface area contributed by atoms with Crippen molar-refractivity contribution >= 4 is 11.9 Å². The van der Waals surface area contributed by atoms with Crippen molar-refractivity contribution in [2.45, 2.75) is 80.1 Å². The minimum absolute atomic E-state index is 0.234. The van der Waals surface area contributed by atoms with E-state index in [4.69, 9.17) is 9.47 Å². The van der Waals surface area contributed by atoms with Crippen LogP contribution in [0.15, 0.2) is 23.3 Å². The van der Waals surface area contributed by atoms with Gasteiger partial charge in [-0.15, -0.1) is 0 Å². The van der Waals surface area contributed by atoms with Gasteiger partial charge in [0.25, 0.3) is 0 Å². The molecule has 0 heterocycles. The summed E-state index contributed by atoms with van der Waals surface area (Å²) in [5, 5.41) is 0. The van der Waals surface area contributed by atoms with Gasteiger partial charge in [0.15, 0.2) is 0 Å². The molecule has 4 heteroatoms. The second-order valence-electron chi connectivity index (χ2n) is 9.62. The summed E-state index contributed by atoms with van der Waals surface area (Å²) in [6, 6.07) is 0. The van der Waals surface area contributed by atoms with Gasteiger partial charge < -0.3 is 9.47 Å². The monoisotopic (exact) mass is 390 g/mol. The number of allylic oxidation sites excluding steroid dienone is 2. The minimum Gasteiger partial charge on any atom is -0.462 e. The molecule has 2 aliphatic rings. The van der Waals surface area contributed by atoms with E-state index in [0.717, 1.165) is 18.4 Å². The normalized spacial score (nSPS) is 29.5. The lowest BCUT2D eigenvalue weighted by Crippen LogP contribution is -2.48. The molecule has 4 nitrogen and oxygen atoms in total. The zero-order valence-electron chi connectivity index (χ0n) is 18.6. The van der Waals surface area contributed by atoms with Gasteiger partial charge in [0.1, 0.15) is 13.2 Å². The Bertz CT molecular complexity index is 643. The van der Waals surface area contributed by atoms with Gasteiger partial charge in [0.05, 0.1) is 0 Å². The van der Waals surface area contributed by atoms with Crippen LogP contribution in [0.5, 0.6) is 0 Å². The van der Waals surface area contributed by atoms with Gasteiger partial charge in [-0.05, 0) is 73.3 Å². The highest BCUT2D eigenvalue weighted by Gasteiger charge is 2.51. The maximum absolute atomic E-state index is 11.3. The summed E-state index contributed by atoms with van der Waals surface area (Å²) in [5.41, 5.74) is 3.24. The largest absolute Gasteiger partial charge is 0.462 e. The highest BCUT2D eigenvalue weighted by atomic mass is 16.5. The van der Waals surface area contributed by atoms with E-state index in [9.17, 15) is 9.59 Å². The second-order valence-corrected chi connectivity index (χ2v) is 9.62. The zero-order chi connectivity index (χ0) is 20.9. The van der Waals surface area contributed by atoms with E-state index in [-0.39, 0.29) is 25.2 Å². The lowest BCUT2D eigenvalue weighted by atomic mass is 9.48. The number of carbonyl (C=O) groups is 2. The maximum Gasteiger partial charge on any atom is 0.302 e. The van der Waals surface area contributed by atoms with Crippen molar-refractivity contribution in [2.75, 3.05) is 13.2 Å². The lowest BCUT2D eigenvalue weighted by molar-refractivity contribution is -0.141. The van der Waals surface area contributed by atoms with Crippen LogP contribution in [0.2, 0.25) is 0 Å². The Labute approximate surface area is 170 Å². The molecule has 2 aliphatic carbocycles. The smallest absolute Gasteiger partial charge is 0.302 e. The van der Waals surface area contributed by atoms with E-state index in [1.165, 1.54) is 45.1 Å². The van der Waals surface area contributed by atoms with Crippen LogP contribution in [0.1, 0.15) is 80.1 Å². The standard InChI is InChI=1S/C24H38O4/c1-17-8-11-22-23(4,5)13-7-14-24(22,6)21(17)10-9-20(16-28-19(3)26)12-15-27-18(2)25/h8,12,21-22H,7,9-11,13-16H2,1-6H3. The van der Waals surface area contributed by atoms with Crippen molar-refractivity contribution in [3.05, 3.63) is 23.3 Å². The van der Waals surface area contributed by atoms with Crippen molar-refractivity contribution in [3.8, 4) is 0 Å². The molecule has 3 atom stereocenters. The van der Waals surface area contributed by atoms with Gasteiger partial charge in [-0.1, -0.05) is 38.8 Å². The Kier molecular flexibility index (Phi) is 7.52. The predicted octanol–water partition coefficient (Wildman–Crippen LogP) is 5.62. The van der Waals surface area contributed by atoms with Crippen molar-refractivity contribution in [1.29, 1.82) is 0 Å². The van der Waals surface area contributed by atoms with Gasteiger partial charge in [-0.2, -0.15) is 0 Å². The highest BCUT2D eigenvalue weighted by molar-refractivity contribution is 5.66. The summed E-state index contributed by atoms with van der Waals surface area (Å²) in [5.74, 6) is 0.673. The zero-order valence-corrected chi connectivity index (χ0v) is 18.6. The molecule has 28 heavy (non-hydrogen) atoms. The van der Waals surface area contributed by atoms with Crippen LogP contribution in [-0.2, 0) is 19.1 Å². The fraction of sp³-hybridized carbons (Fsp3) is 0.750. The Balaban J connectivity index is 2.13. The van der Waals surface area contributed by atoms with Crippen LogP contribution in [0.3, 0.4) is 0 Å². The van der Waals surface area contributed by atoms with Gasteiger partial charge in [-0.3, -0.25) is 9.59 Å². The molecule has 3 unspecified atom stereocenters. The van der Waals surface area contributed by atoms with Crippen LogP contribution < -0.4 is 0 Å². The average molecular weight is 391 g/mol. The molecule has 0 aromatic carbocycles. The number of esters is 2. The van der Waals surface area contributed by atoms with Gasteiger partial charge in [0, 0.05) is 13.8 Å². The number of carbonyl (C=O) groups excluding carboxylic acids is 2. The Hall–Kier alpha value is -1.58. The van der Waals surface area contributed by atoms with Crippen molar-refractivity contribution in [3.63, 3.8) is 0 Å². The van der Waals surface area contributed by atoms with E-state index in [2.05, 4.69) is 33.8 Å². The molecule has 0 aromatic heterocycles. The number of hydrogen-bond donors (Lipinski definition) is 0. The molecule has 0 N–H and O–H groups in total. The maximum atomic E-state index is 11.3. The Morgan fingerprint density at radius 3 is 2.46 bits per heavy atom. The van der Waals surface area contributed by atoms with Crippen LogP contribution in [0.25, 0.3) is 0 Å². The van der Waals surface area contributed by atoms with Crippen molar-refractivity contribution in [2.24, 2.45) is 22.7 Å². The van der Waals surface area contributed by atoms with E-state index in [0.29, 0.717) is 22.7 Å². The first-order chi connectivity index (χ1) is 13.1. The van der Waals surface area contributed by atoms with Gasteiger partial charge >= 0.3 is 11.9 Å². The molecule has 0 saturated heterocycles. The Morgan fingerprint density at radius 2 is 1.82 bits per heavy atom. The summed E-state index contributed by atoms with van der Waals surface area (Å²) in [7, 11) is 0. The van der Waals surface area contributed by atoms with E-state index in [1.807, 2.05) is 6.08 Å². The second kappa shape index (κ2) is 9.28. The van der Waals surface area contributed by atoms with Crippen LogP contribution in [0.4, 0.5) is 0 Å². The molecular weight excluding hydrogens is 352 g/mol. The number of hydrogen-bond acceptors (Lipinski definition) is 4. The highest BCUT2D eigenvalue weighted by Crippen LogP contribution is 2.60. The summed E-state index contributed by atoms with van der Waals surface area (Å²) >= 11 is 0. The summed E-state index contributed by atoms with van der Waals surface area (Å²) in [6.45, 7) is 13.0. The molecular formula is C24H38O4. The molecule has 158 valence electrons. The number of rotatable bonds is 7. The summed E-state index contributed by atoms with van der Waals surface area (Å²) in [4.78, 5) is 22.3. The molecule has 2 rings (SSSR count). The summed E-state index contributed by atoms with van der Waals surface area (Å²) < 4.78 is 10.3. The molecule has 1 saturated carbocycles. The third kappa shape index (κ3) is 5.48. The van der Waals surface area contributed by atoms with Crippen LogP contribution >= 0.6 is 0 Å².